The zero-order chi connectivity index (χ0) is 19.0. The number of benzene rings is 2. The summed E-state index contributed by atoms with van der Waals surface area (Å²) in [6.07, 6.45) is -1.03. The molecule has 0 aromatic heterocycles. The molecule has 136 valence electrons. The lowest BCUT2D eigenvalue weighted by Gasteiger charge is -2.10. The molecular formula is C19H18F3N3O. The minimum absolute atomic E-state index is 0.194. The predicted octanol–water partition coefficient (Wildman–Crippen LogP) is 4.32. The quantitative estimate of drug-likeness (QED) is 0.595. The standard InChI is InChI=1S/C19H18F3N3O/c1-14(10-15-6-3-2-4-7-15)12-24-25-18(26)13-23-17-9-5-8-16(11-17)19(20,21)22/h2-12,23H,13H2,1H3,(H,25,26). The van der Waals surface area contributed by atoms with Gasteiger partial charge in [-0.25, -0.2) is 5.43 Å². The Hall–Kier alpha value is -3.09. The van der Waals surface area contributed by atoms with E-state index in [1.165, 1.54) is 18.3 Å². The van der Waals surface area contributed by atoms with E-state index in [2.05, 4.69) is 15.8 Å². The number of allylic oxidation sites excluding steroid dienone is 1. The molecule has 0 aliphatic heterocycles. The monoisotopic (exact) mass is 361 g/mol. The number of nitrogens with zero attached hydrogens (tertiary/aromatic N) is 1. The van der Waals surface area contributed by atoms with Gasteiger partial charge in [-0.2, -0.15) is 18.3 Å². The van der Waals surface area contributed by atoms with Gasteiger partial charge in [-0.3, -0.25) is 4.79 Å². The number of nitrogens with one attached hydrogen (secondary N) is 2. The van der Waals surface area contributed by atoms with Crippen LogP contribution in [0.25, 0.3) is 6.08 Å². The number of alkyl halides is 3. The molecule has 2 aromatic rings. The van der Waals surface area contributed by atoms with E-state index in [1.54, 1.807) is 0 Å². The molecule has 0 bridgehead atoms. The van der Waals surface area contributed by atoms with Crippen molar-refractivity contribution in [3.05, 3.63) is 71.3 Å². The van der Waals surface area contributed by atoms with Gasteiger partial charge in [-0.05, 0) is 36.3 Å². The van der Waals surface area contributed by atoms with Crippen LogP contribution in [0.4, 0.5) is 18.9 Å². The summed E-state index contributed by atoms with van der Waals surface area (Å²) in [5.74, 6) is -0.467. The van der Waals surface area contributed by atoms with Crippen molar-refractivity contribution in [2.75, 3.05) is 11.9 Å². The molecule has 1 amide bonds. The number of hydrogen-bond donors (Lipinski definition) is 2. The van der Waals surface area contributed by atoms with E-state index in [0.29, 0.717) is 0 Å². The van der Waals surface area contributed by atoms with Gasteiger partial charge >= 0.3 is 6.18 Å². The number of hydrazone groups is 1. The third-order valence-corrected chi connectivity index (χ3v) is 3.29. The van der Waals surface area contributed by atoms with Crippen LogP contribution in [0.15, 0.2) is 65.3 Å². The van der Waals surface area contributed by atoms with Crippen LogP contribution in [-0.2, 0) is 11.0 Å². The molecule has 0 radical (unpaired) electrons. The molecule has 0 atom stereocenters. The van der Waals surface area contributed by atoms with Gasteiger partial charge in [0.1, 0.15) is 0 Å². The van der Waals surface area contributed by atoms with Crippen LogP contribution in [0.2, 0.25) is 0 Å². The van der Waals surface area contributed by atoms with E-state index in [1.807, 2.05) is 43.3 Å². The summed E-state index contributed by atoms with van der Waals surface area (Å²) in [5.41, 5.74) is 3.60. The van der Waals surface area contributed by atoms with Crippen molar-refractivity contribution in [3.8, 4) is 0 Å². The second kappa shape index (κ2) is 8.84. The molecule has 0 spiro atoms. The lowest BCUT2D eigenvalue weighted by atomic mass is 10.1. The van der Waals surface area contributed by atoms with E-state index < -0.39 is 17.6 Å². The lowest BCUT2D eigenvalue weighted by Crippen LogP contribution is -2.26. The van der Waals surface area contributed by atoms with Crippen LogP contribution in [-0.4, -0.2) is 18.7 Å². The lowest BCUT2D eigenvalue weighted by molar-refractivity contribution is -0.137. The molecule has 26 heavy (non-hydrogen) atoms. The Morgan fingerprint density at radius 2 is 1.85 bits per heavy atom. The Balaban J connectivity index is 1.83. The maximum atomic E-state index is 12.6. The first kappa shape index (κ1) is 19.2. The van der Waals surface area contributed by atoms with Gasteiger partial charge in [0.05, 0.1) is 18.3 Å². The van der Waals surface area contributed by atoms with Gasteiger partial charge in [-0.1, -0.05) is 42.5 Å². The van der Waals surface area contributed by atoms with Crippen LogP contribution in [0, 0.1) is 0 Å². The molecule has 0 aliphatic rings. The molecule has 0 unspecified atom stereocenters. The Labute approximate surface area is 149 Å². The topological polar surface area (TPSA) is 53.5 Å². The number of carbonyl (C=O) groups excluding carboxylic acids is 1. The predicted molar refractivity (Wildman–Crippen MR) is 96.7 cm³/mol. The van der Waals surface area contributed by atoms with Crippen LogP contribution >= 0.6 is 0 Å². The normalized spacial score (nSPS) is 12.2. The smallest absolute Gasteiger partial charge is 0.376 e. The highest BCUT2D eigenvalue weighted by molar-refractivity contribution is 5.87. The number of rotatable bonds is 6. The number of hydrogen-bond acceptors (Lipinski definition) is 3. The zero-order valence-corrected chi connectivity index (χ0v) is 14.0. The van der Waals surface area contributed by atoms with Crippen molar-refractivity contribution in [1.29, 1.82) is 0 Å². The maximum absolute atomic E-state index is 12.6. The van der Waals surface area contributed by atoms with Crippen molar-refractivity contribution >= 4 is 23.9 Å². The molecule has 0 heterocycles. The maximum Gasteiger partial charge on any atom is 0.416 e. The highest BCUT2D eigenvalue weighted by Gasteiger charge is 2.30. The van der Waals surface area contributed by atoms with Crippen molar-refractivity contribution < 1.29 is 18.0 Å². The third-order valence-electron chi connectivity index (χ3n) is 3.29. The minimum Gasteiger partial charge on any atom is -0.376 e. The summed E-state index contributed by atoms with van der Waals surface area (Å²) in [5, 5.41) is 6.46. The second-order valence-electron chi connectivity index (χ2n) is 5.52. The van der Waals surface area contributed by atoms with Crippen molar-refractivity contribution in [3.63, 3.8) is 0 Å². The summed E-state index contributed by atoms with van der Waals surface area (Å²) in [4.78, 5) is 11.7. The molecule has 2 aromatic carbocycles. The number of amides is 1. The van der Waals surface area contributed by atoms with Gasteiger partial charge in [-0.15, -0.1) is 0 Å². The van der Waals surface area contributed by atoms with E-state index in [4.69, 9.17) is 0 Å². The van der Waals surface area contributed by atoms with Crippen LogP contribution in [0.5, 0.6) is 0 Å². The fourth-order valence-electron chi connectivity index (χ4n) is 2.08. The fourth-order valence-corrected chi connectivity index (χ4v) is 2.08. The van der Waals surface area contributed by atoms with Gasteiger partial charge < -0.3 is 5.32 Å². The number of carbonyl (C=O) groups is 1. The highest BCUT2D eigenvalue weighted by atomic mass is 19.4. The van der Waals surface area contributed by atoms with Crippen LogP contribution in [0.3, 0.4) is 0 Å². The molecule has 4 nitrogen and oxygen atoms in total. The summed E-state index contributed by atoms with van der Waals surface area (Å²) < 4.78 is 37.9. The first-order valence-corrected chi connectivity index (χ1v) is 7.81. The van der Waals surface area contributed by atoms with E-state index in [-0.39, 0.29) is 12.2 Å². The summed E-state index contributed by atoms with van der Waals surface area (Å²) in [7, 11) is 0. The van der Waals surface area contributed by atoms with Gasteiger partial charge in [0.2, 0.25) is 0 Å². The Morgan fingerprint density at radius 1 is 1.12 bits per heavy atom. The molecule has 0 saturated carbocycles. The molecule has 0 aliphatic carbocycles. The Bertz CT molecular complexity index is 799. The van der Waals surface area contributed by atoms with Crippen molar-refractivity contribution in [1.82, 2.24) is 5.43 Å². The number of anilines is 1. The van der Waals surface area contributed by atoms with E-state index >= 15 is 0 Å². The molecule has 0 saturated heterocycles. The SMILES string of the molecule is CC(C=NNC(=O)CNc1cccc(C(F)(F)F)c1)=Cc1ccccc1. The molecule has 0 fully saturated rings. The number of halogens is 3. The van der Waals surface area contributed by atoms with Crippen LogP contribution < -0.4 is 10.7 Å². The minimum atomic E-state index is -4.42. The largest absolute Gasteiger partial charge is 0.416 e. The van der Waals surface area contributed by atoms with Gasteiger partial charge in [0.15, 0.2) is 0 Å². The average Bonchev–Trinajstić information content (AvgIpc) is 2.60. The molecule has 7 heteroatoms. The molecule has 2 rings (SSSR count). The summed E-state index contributed by atoms with van der Waals surface area (Å²) in [6.45, 7) is 1.64. The molecular weight excluding hydrogens is 343 g/mol. The third kappa shape index (κ3) is 6.43. The highest BCUT2D eigenvalue weighted by Crippen LogP contribution is 2.30. The fraction of sp³-hybridized carbons (Fsp3) is 0.158. The van der Waals surface area contributed by atoms with Crippen molar-refractivity contribution in [2.24, 2.45) is 5.10 Å². The van der Waals surface area contributed by atoms with Crippen molar-refractivity contribution in [2.45, 2.75) is 13.1 Å². The first-order chi connectivity index (χ1) is 12.3. The van der Waals surface area contributed by atoms with Gasteiger partial charge in [0, 0.05) is 5.69 Å². The average molecular weight is 361 g/mol. The summed E-state index contributed by atoms with van der Waals surface area (Å²) in [6, 6.07) is 14.3. The zero-order valence-electron chi connectivity index (χ0n) is 14.0. The second-order valence-corrected chi connectivity index (χ2v) is 5.52. The Morgan fingerprint density at radius 3 is 2.54 bits per heavy atom. The first-order valence-electron chi connectivity index (χ1n) is 7.81. The Kier molecular flexibility index (Phi) is 6.54. The van der Waals surface area contributed by atoms with Crippen LogP contribution in [0.1, 0.15) is 18.1 Å². The van der Waals surface area contributed by atoms with Gasteiger partial charge in [0.25, 0.3) is 5.91 Å². The van der Waals surface area contributed by atoms with E-state index in [9.17, 15) is 18.0 Å². The molecule has 2 N–H and O–H groups in total. The summed E-state index contributed by atoms with van der Waals surface area (Å²) >= 11 is 0. The van der Waals surface area contributed by atoms with E-state index in [0.717, 1.165) is 23.3 Å².